The predicted molar refractivity (Wildman–Crippen MR) is 79.9 cm³/mol. The Morgan fingerprint density at radius 2 is 2.05 bits per heavy atom. The van der Waals surface area contributed by atoms with Crippen LogP contribution in [0.4, 0.5) is 10.7 Å². The summed E-state index contributed by atoms with van der Waals surface area (Å²) in [4.78, 5) is 14.5. The summed E-state index contributed by atoms with van der Waals surface area (Å²) in [6, 6.07) is 2.06. The van der Waals surface area contributed by atoms with Crippen LogP contribution in [0.2, 0.25) is 0 Å². The number of nitrogens with two attached hydrogens (primary N) is 1. The molecule has 2 heterocycles. The number of piperidine rings is 1. The molecule has 2 unspecified atom stereocenters. The molecule has 1 aliphatic rings. The third kappa shape index (κ3) is 2.59. The quantitative estimate of drug-likeness (QED) is 0.847. The number of esters is 1. The van der Waals surface area contributed by atoms with E-state index in [-0.39, 0.29) is 5.69 Å². The number of nitrogen functional groups attached to an aromatic ring is 1. The zero-order valence-electron chi connectivity index (χ0n) is 12.0. The molecule has 6 heteroatoms. The number of anilines is 2. The van der Waals surface area contributed by atoms with Crippen LogP contribution in [0.3, 0.4) is 0 Å². The Bertz CT molecular complexity index is 552. The van der Waals surface area contributed by atoms with Crippen LogP contribution in [0.25, 0.3) is 0 Å². The smallest absolute Gasteiger partial charge is 0.343 e. The van der Waals surface area contributed by atoms with Crippen molar-refractivity contribution in [1.82, 2.24) is 0 Å². The first kappa shape index (κ1) is 14.7. The van der Waals surface area contributed by atoms with Gasteiger partial charge in [-0.2, -0.15) is 5.26 Å². The van der Waals surface area contributed by atoms with Crippen LogP contribution in [0, 0.1) is 23.2 Å². The van der Waals surface area contributed by atoms with E-state index in [9.17, 15) is 4.79 Å². The average molecular weight is 293 g/mol. The molecule has 0 bridgehead atoms. The Kier molecular flexibility index (Phi) is 4.19. The number of carbonyl (C=O) groups excluding carboxylic acids is 1. The minimum absolute atomic E-state index is 0.241. The van der Waals surface area contributed by atoms with Crippen molar-refractivity contribution in [1.29, 1.82) is 5.26 Å². The molecule has 2 rings (SSSR count). The van der Waals surface area contributed by atoms with Crippen molar-refractivity contribution in [3.8, 4) is 6.07 Å². The van der Waals surface area contributed by atoms with Gasteiger partial charge in [0.25, 0.3) is 0 Å². The molecule has 1 saturated heterocycles. The van der Waals surface area contributed by atoms with Gasteiger partial charge in [0.05, 0.1) is 12.8 Å². The highest BCUT2D eigenvalue weighted by molar-refractivity contribution is 7.17. The Labute approximate surface area is 122 Å². The van der Waals surface area contributed by atoms with Gasteiger partial charge in [-0.15, -0.1) is 11.3 Å². The van der Waals surface area contributed by atoms with E-state index in [4.69, 9.17) is 15.7 Å². The number of hydrogen-bond donors (Lipinski definition) is 1. The van der Waals surface area contributed by atoms with Crippen LogP contribution in [-0.2, 0) is 4.74 Å². The third-order valence-electron chi connectivity index (χ3n) is 3.57. The van der Waals surface area contributed by atoms with Gasteiger partial charge in [0.15, 0.2) is 0 Å². The van der Waals surface area contributed by atoms with Crippen LogP contribution in [-0.4, -0.2) is 26.2 Å². The fraction of sp³-hybridized carbons (Fsp3) is 0.571. The predicted octanol–water partition coefficient (Wildman–Crippen LogP) is 2.47. The van der Waals surface area contributed by atoms with Crippen molar-refractivity contribution in [2.45, 2.75) is 20.3 Å². The topological polar surface area (TPSA) is 79.3 Å². The van der Waals surface area contributed by atoms with Crippen LogP contribution < -0.4 is 10.6 Å². The molecular formula is C14H19N3O2S. The van der Waals surface area contributed by atoms with Crippen molar-refractivity contribution in [2.75, 3.05) is 30.8 Å². The number of thiophene rings is 1. The Hall–Kier alpha value is -1.74. The highest BCUT2D eigenvalue weighted by Gasteiger charge is 2.30. The van der Waals surface area contributed by atoms with Crippen molar-refractivity contribution in [3.63, 3.8) is 0 Å². The highest BCUT2D eigenvalue weighted by Crippen LogP contribution is 2.40. The maximum atomic E-state index is 12.0. The Morgan fingerprint density at radius 3 is 2.55 bits per heavy atom. The van der Waals surface area contributed by atoms with Gasteiger partial charge in [-0.3, -0.25) is 0 Å². The summed E-state index contributed by atoms with van der Waals surface area (Å²) in [7, 11) is 1.33. The molecule has 2 atom stereocenters. The first-order valence-electron chi connectivity index (χ1n) is 6.63. The summed E-state index contributed by atoms with van der Waals surface area (Å²) in [5.74, 6) is 0.636. The van der Waals surface area contributed by atoms with Crippen molar-refractivity contribution in [2.24, 2.45) is 11.8 Å². The molecule has 1 fully saturated rings. The zero-order chi connectivity index (χ0) is 14.9. The normalized spacial score (nSPS) is 22.4. The molecule has 0 spiro atoms. The fourth-order valence-corrected chi connectivity index (χ4v) is 3.89. The molecule has 1 aromatic rings. The highest BCUT2D eigenvalue weighted by atomic mass is 32.1. The monoisotopic (exact) mass is 293 g/mol. The zero-order valence-corrected chi connectivity index (χ0v) is 12.8. The molecule has 0 saturated carbocycles. The summed E-state index contributed by atoms with van der Waals surface area (Å²) in [5.41, 5.74) is 6.51. The molecular weight excluding hydrogens is 274 g/mol. The van der Waals surface area contributed by atoms with E-state index < -0.39 is 5.97 Å². The van der Waals surface area contributed by atoms with Gasteiger partial charge in [0, 0.05) is 13.1 Å². The van der Waals surface area contributed by atoms with Gasteiger partial charge in [0.2, 0.25) is 0 Å². The standard InChI is InChI=1S/C14H19N3O2S/c1-8-4-9(2)7-17(6-8)13-11(14(18)19-3)12(16)10(5-15)20-13/h8-9H,4,6-7,16H2,1-3H3. The molecule has 0 aliphatic carbocycles. The lowest BCUT2D eigenvalue weighted by molar-refractivity contribution is 0.0603. The number of methoxy groups -OCH3 is 1. The van der Waals surface area contributed by atoms with E-state index in [0.29, 0.717) is 22.3 Å². The van der Waals surface area contributed by atoms with Gasteiger partial charge < -0.3 is 15.4 Å². The van der Waals surface area contributed by atoms with Crippen LogP contribution >= 0.6 is 11.3 Å². The van der Waals surface area contributed by atoms with Crippen LogP contribution in [0.15, 0.2) is 0 Å². The molecule has 1 aliphatic heterocycles. The van der Waals surface area contributed by atoms with Crippen molar-refractivity contribution >= 4 is 28.0 Å². The Balaban J connectivity index is 2.45. The summed E-state index contributed by atoms with van der Waals surface area (Å²) in [5, 5.41) is 9.89. The fourth-order valence-electron chi connectivity index (χ4n) is 2.87. The van der Waals surface area contributed by atoms with Gasteiger partial charge >= 0.3 is 5.97 Å². The number of carbonyl (C=O) groups is 1. The summed E-state index contributed by atoms with van der Waals surface area (Å²) < 4.78 is 4.81. The summed E-state index contributed by atoms with van der Waals surface area (Å²) >= 11 is 1.28. The second-order valence-corrected chi connectivity index (χ2v) is 6.48. The number of nitriles is 1. The minimum atomic E-state index is -0.471. The van der Waals surface area contributed by atoms with E-state index in [1.807, 2.05) is 0 Å². The second kappa shape index (κ2) is 5.71. The minimum Gasteiger partial charge on any atom is -0.465 e. The van der Waals surface area contributed by atoms with Gasteiger partial charge in [-0.25, -0.2) is 4.79 Å². The average Bonchev–Trinajstić information content (AvgIpc) is 2.73. The molecule has 108 valence electrons. The largest absolute Gasteiger partial charge is 0.465 e. The summed E-state index contributed by atoms with van der Waals surface area (Å²) in [6.45, 7) is 6.14. The molecule has 1 aromatic heterocycles. The molecule has 0 radical (unpaired) electrons. The van der Waals surface area contributed by atoms with Gasteiger partial charge in [0.1, 0.15) is 21.5 Å². The lowest BCUT2D eigenvalue weighted by Gasteiger charge is -2.36. The number of hydrogen-bond acceptors (Lipinski definition) is 6. The summed E-state index contributed by atoms with van der Waals surface area (Å²) in [6.07, 6.45) is 1.18. The molecule has 0 amide bonds. The van der Waals surface area contributed by atoms with Crippen LogP contribution in [0.5, 0.6) is 0 Å². The number of ether oxygens (including phenoxy) is 1. The van der Waals surface area contributed by atoms with Crippen molar-refractivity contribution < 1.29 is 9.53 Å². The van der Waals surface area contributed by atoms with E-state index in [1.165, 1.54) is 24.9 Å². The van der Waals surface area contributed by atoms with Gasteiger partial charge in [-0.05, 0) is 18.3 Å². The maximum absolute atomic E-state index is 12.0. The molecule has 0 aromatic carbocycles. The van der Waals surface area contributed by atoms with E-state index in [0.717, 1.165) is 18.1 Å². The number of nitrogens with zero attached hydrogens (tertiary/aromatic N) is 2. The van der Waals surface area contributed by atoms with Gasteiger partial charge in [-0.1, -0.05) is 13.8 Å². The maximum Gasteiger partial charge on any atom is 0.343 e. The lowest BCUT2D eigenvalue weighted by atomic mass is 9.92. The number of rotatable bonds is 2. The van der Waals surface area contributed by atoms with E-state index in [2.05, 4.69) is 24.8 Å². The first-order valence-corrected chi connectivity index (χ1v) is 7.45. The van der Waals surface area contributed by atoms with E-state index >= 15 is 0 Å². The van der Waals surface area contributed by atoms with E-state index in [1.54, 1.807) is 0 Å². The lowest BCUT2D eigenvalue weighted by Crippen LogP contribution is -2.39. The second-order valence-electron chi connectivity index (χ2n) is 5.48. The molecule has 5 nitrogen and oxygen atoms in total. The van der Waals surface area contributed by atoms with Crippen molar-refractivity contribution in [3.05, 3.63) is 10.4 Å². The first-order chi connectivity index (χ1) is 9.47. The third-order valence-corrected chi connectivity index (χ3v) is 4.74. The Morgan fingerprint density at radius 1 is 1.45 bits per heavy atom. The molecule has 20 heavy (non-hydrogen) atoms. The molecule has 2 N–H and O–H groups in total. The SMILES string of the molecule is COC(=O)c1c(N2CC(C)CC(C)C2)sc(C#N)c1N. The van der Waals surface area contributed by atoms with Crippen LogP contribution in [0.1, 0.15) is 35.5 Å².